The summed E-state index contributed by atoms with van der Waals surface area (Å²) in [4.78, 5) is 19.4. The molecule has 0 bridgehead atoms. The number of rotatable bonds is 4. The number of aromatic nitrogens is 2. The highest BCUT2D eigenvalue weighted by Crippen LogP contribution is 2.23. The van der Waals surface area contributed by atoms with Gasteiger partial charge in [-0.25, -0.2) is 18.8 Å². The molecule has 0 aliphatic carbocycles. The maximum absolute atomic E-state index is 13.2. The zero-order chi connectivity index (χ0) is 18.1. The molecule has 1 N–H and O–H groups in total. The number of carbonyl (C=O) groups is 1. The molecule has 2 aromatic carbocycles. The SMILES string of the molecule is O=C(CSc1nc2cc(F)c(F)cc2[nH]1)N1CCC(c2ccccc2)=N1. The summed E-state index contributed by atoms with van der Waals surface area (Å²) in [7, 11) is 0. The Bertz CT molecular complexity index is 964. The predicted molar refractivity (Wildman–Crippen MR) is 96.0 cm³/mol. The number of hydrogen-bond acceptors (Lipinski definition) is 4. The lowest BCUT2D eigenvalue weighted by atomic mass is 10.1. The molecule has 0 spiro atoms. The van der Waals surface area contributed by atoms with Crippen LogP contribution in [0.3, 0.4) is 0 Å². The van der Waals surface area contributed by atoms with E-state index >= 15 is 0 Å². The Morgan fingerprint density at radius 3 is 2.77 bits per heavy atom. The van der Waals surface area contributed by atoms with Crippen molar-refractivity contribution in [3.8, 4) is 0 Å². The van der Waals surface area contributed by atoms with Crippen molar-refractivity contribution in [3.05, 3.63) is 59.7 Å². The summed E-state index contributed by atoms with van der Waals surface area (Å²) in [5, 5.41) is 6.28. The Balaban J connectivity index is 1.42. The zero-order valence-electron chi connectivity index (χ0n) is 13.6. The third-order valence-electron chi connectivity index (χ3n) is 4.03. The van der Waals surface area contributed by atoms with Gasteiger partial charge in [0.2, 0.25) is 0 Å². The third kappa shape index (κ3) is 3.32. The Hall–Kier alpha value is -2.74. The van der Waals surface area contributed by atoms with Gasteiger partial charge in [0.15, 0.2) is 16.8 Å². The molecule has 5 nitrogen and oxygen atoms in total. The summed E-state index contributed by atoms with van der Waals surface area (Å²) in [5.41, 5.74) is 2.62. The number of thioether (sulfide) groups is 1. The molecule has 26 heavy (non-hydrogen) atoms. The minimum Gasteiger partial charge on any atom is -0.333 e. The number of carbonyl (C=O) groups excluding carboxylic acids is 1. The minimum atomic E-state index is -0.948. The van der Waals surface area contributed by atoms with E-state index in [4.69, 9.17) is 0 Å². The van der Waals surface area contributed by atoms with E-state index in [0.717, 1.165) is 23.4 Å². The fourth-order valence-corrected chi connectivity index (χ4v) is 3.48. The highest BCUT2D eigenvalue weighted by Gasteiger charge is 2.22. The lowest BCUT2D eigenvalue weighted by Crippen LogP contribution is -2.25. The summed E-state index contributed by atoms with van der Waals surface area (Å²) < 4.78 is 26.5. The Labute approximate surface area is 152 Å². The van der Waals surface area contributed by atoms with Crippen LogP contribution < -0.4 is 0 Å². The van der Waals surface area contributed by atoms with Crippen LogP contribution in [0, 0.1) is 11.6 Å². The van der Waals surface area contributed by atoms with Crippen molar-refractivity contribution < 1.29 is 13.6 Å². The van der Waals surface area contributed by atoms with Crippen LogP contribution in [0.4, 0.5) is 8.78 Å². The number of amides is 1. The highest BCUT2D eigenvalue weighted by molar-refractivity contribution is 7.99. The van der Waals surface area contributed by atoms with E-state index in [-0.39, 0.29) is 11.7 Å². The number of H-pyrrole nitrogens is 1. The Morgan fingerprint density at radius 2 is 1.96 bits per heavy atom. The van der Waals surface area contributed by atoms with Gasteiger partial charge in [0, 0.05) is 18.6 Å². The van der Waals surface area contributed by atoms with Crippen LogP contribution in [0.5, 0.6) is 0 Å². The standard InChI is InChI=1S/C18H14F2N4OS/c19-12-8-15-16(9-13(12)20)22-18(21-15)26-10-17(25)24-7-6-14(23-24)11-4-2-1-3-5-11/h1-5,8-9H,6-7,10H2,(H,21,22). The van der Waals surface area contributed by atoms with Crippen molar-refractivity contribution in [2.24, 2.45) is 5.10 Å². The molecule has 2 heterocycles. The molecule has 0 unspecified atom stereocenters. The number of nitrogens with zero attached hydrogens (tertiary/aromatic N) is 3. The lowest BCUT2D eigenvalue weighted by Gasteiger charge is -2.10. The first-order chi connectivity index (χ1) is 12.6. The normalized spacial score (nSPS) is 14.1. The van der Waals surface area contributed by atoms with Crippen LogP contribution in [0.25, 0.3) is 11.0 Å². The number of fused-ring (bicyclic) bond motifs is 1. The van der Waals surface area contributed by atoms with Gasteiger partial charge in [-0.3, -0.25) is 4.79 Å². The van der Waals surface area contributed by atoms with Crippen LogP contribution >= 0.6 is 11.8 Å². The molecule has 3 aromatic rings. The van der Waals surface area contributed by atoms with Gasteiger partial charge in [-0.2, -0.15) is 5.10 Å². The topological polar surface area (TPSA) is 61.4 Å². The van der Waals surface area contributed by atoms with Gasteiger partial charge in [-0.05, 0) is 5.56 Å². The first-order valence-corrected chi connectivity index (χ1v) is 8.99. The minimum absolute atomic E-state index is 0.135. The van der Waals surface area contributed by atoms with Gasteiger partial charge in [0.25, 0.3) is 5.91 Å². The van der Waals surface area contributed by atoms with E-state index < -0.39 is 11.6 Å². The number of hydrogen-bond donors (Lipinski definition) is 1. The summed E-state index contributed by atoms with van der Waals surface area (Å²) >= 11 is 1.18. The van der Waals surface area contributed by atoms with Gasteiger partial charge < -0.3 is 4.98 Å². The van der Waals surface area contributed by atoms with Gasteiger partial charge in [-0.15, -0.1) is 0 Å². The molecule has 0 fully saturated rings. The van der Waals surface area contributed by atoms with Gasteiger partial charge in [-0.1, -0.05) is 42.1 Å². The third-order valence-corrected chi connectivity index (χ3v) is 4.89. The monoisotopic (exact) mass is 372 g/mol. The fraction of sp³-hybridized carbons (Fsp3) is 0.167. The number of benzene rings is 2. The zero-order valence-corrected chi connectivity index (χ0v) is 14.4. The number of halogens is 2. The largest absolute Gasteiger partial charge is 0.333 e. The summed E-state index contributed by atoms with van der Waals surface area (Å²) in [6.07, 6.45) is 0.712. The molecule has 0 atom stereocenters. The molecule has 8 heteroatoms. The number of nitrogens with one attached hydrogen (secondary N) is 1. The quantitative estimate of drug-likeness (QED) is 0.712. The molecule has 0 saturated heterocycles. The Morgan fingerprint density at radius 1 is 1.19 bits per heavy atom. The average Bonchev–Trinajstić information content (AvgIpc) is 3.28. The van der Waals surface area contributed by atoms with E-state index in [1.54, 1.807) is 0 Å². The van der Waals surface area contributed by atoms with Crippen LogP contribution in [0.15, 0.2) is 52.7 Å². The summed E-state index contributed by atoms with van der Waals surface area (Å²) in [6.45, 7) is 0.542. The second kappa shape index (κ2) is 6.87. The molecular weight excluding hydrogens is 358 g/mol. The molecule has 0 radical (unpaired) electrons. The van der Waals surface area contributed by atoms with Crippen molar-refractivity contribution in [3.63, 3.8) is 0 Å². The number of hydrazone groups is 1. The van der Waals surface area contributed by atoms with Crippen molar-refractivity contribution in [1.29, 1.82) is 0 Å². The molecule has 0 saturated carbocycles. The maximum atomic E-state index is 13.2. The van der Waals surface area contributed by atoms with Crippen molar-refractivity contribution in [2.75, 3.05) is 12.3 Å². The first-order valence-electron chi connectivity index (χ1n) is 8.01. The van der Waals surface area contributed by atoms with Crippen molar-refractivity contribution in [2.45, 2.75) is 11.6 Å². The lowest BCUT2D eigenvalue weighted by molar-refractivity contribution is -0.127. The number of imidazole rings is 1. The summed E-state index contributed by atoms with van der Waals surface area (Å²) in [6, 6.07) is 11.8. The predicted octanol–water partition coefficient (Wildman–Crippen LogP) is 3.57. The van der Waals surface area contributed by atoms with Gasteiger partial charge in [0.05, 0.1) is 29.0 Å². The van der Waals surface area contributed by atoms with Crippen LogP contribution in [-0.4, -0.2) is 38.9 Å². The average molecular weight is 372 g/mol. The number of aromatic amines is 1. The smallest absolute Gasteiger partial charge is 0.253 e. The van der Waals surface area contributed by atoms with Crippen LogP contribution in [-0.2, 0) is 4.79 Å². The summed E-state index contributed by atoms with van der Waals surface area (Å²) in [5.74, 6) is -1.89. The van der Waals surface area contributed by atoms with E-state index in [0.29, 0.717) is 29.2 Å². The van der Waals surface area contributed by atoms with Gasteiger partial charge in [0.1, 0.15) is 0 Å². The van der Waals surface area contributed by atoms with Crippen LogP contribution in [0.2, 0.25) is 0 Å². The molecule has 1 amide bonds. The van der Waals surface area contributed by atoms with E-state index in [1.807, 2.05) is 30.3 Å². The van der Waals surface area contributed by atoms with E-state index in [2.05, 4.69) is 15.1 Å². The molecule has 1 aliphatic rings. The fourth-order valence-electron chi connectivity index (χ4n) is 2.73. The van der Waals surface area contributed by atoms with Crippen molar-refractivity contribution >= 4 is 34.4 Å². The highest BCUT2D eigenvalue weighted by atomic mass is 32.2. The van der Waals surface area contributed by atoms with E-state index in [1.165, 1.54) is 16.8 Å². The molecule has 132 valence electrons. The second-order valence-corrected chi connectivity index (χ2v) is 6.76. The first kappa shape index (κ1) is 16.7. The molecule has 4 rings (SSSR count). The Kier molecular flexibility index (Phi) is 4.42. The van der Waals surface area contributed by atoms with E-state index in [9.17, 15) is 13.6 Å². The molecule has 1 aromatic heterocycles. The maximum Gasteiger partial charge on any atom is 0.253 e. The molecular formula is C18H14F2N4OS. The van der Waals surface area contributed by atoms with Gasteiger partial charge >= 0.3 is 0 Å². The van der Waals surface area contributed by atoms with Crippen molar-refractivity contribution in [1.82, 2.24) is 15.0 Å². The molecule has 1 aliphatic heterocycles. The second-order valence-electron chi connectivity index (χ2n) is 5.79. The van der Waals surface area contributed by atoms with Crippen LogP contribution in [0.1, 0.15) is 12.0 Å².